The molecular weight excluding hydrogens is 288 g/mol. The van der Waals surface area contributed by atoms with Gasteiger partial charge in [0.15, 0.2) is 0 Å². The van der Waals surface area contributed by atoms with Crippen molar-refractivity contribution in [2.24, 2.45) is 0 Å². The summed E-state index contributed by atoms with van der Waals surface area (Å²) < 4.78 is 0. The van der Waals surface area contributed by atoms with Gasteiger partial charge < -0.3 is 5.32 Å². The maximum atomic E-state index is 5.55. The molecule has 0 aromatic carbocycles. The average molecular weight is 295 g/mol. The minimum absolute atomic E-state index is 0. The molecule has 0 unspecified atom stereocenters. The topological polar surface area (TPSA) is 52.8 Å². The molecule has 0 bridgehead atoms. The molecule has 0 aliphatic rings. The Morgan fingerprint density at radius 1 is 1.15 bits per heavy atom. The van der Waals surface area contributed by atoms with Crippen LogP contribution < -0.4 is 0 Å². The minimum Gasteiger partial charge on any atom is -0.665 e. The molecule has 69 valence electrons. The van der Waals surface area contributed by atoms with Crippen LogP contribution in [0.15, 0.2) is 0 Å². The predicted octanol–water partition coefficient (Wildman–Crippen LogP) is 1.72. The molecule has 0 spiro atoms. The van der Waals surface area contributed by atoms with Crippen LogP contribution in [0.3, 0.4) is 0 Å². The van der Waals surface area contributed by atoms with Gasteiger partial charge in [0.05, 0.1) is 0 Å². The molecule has 0 saturated carbocycles. The summed E-state index contributed by atoms with van der Waals surface area (Å²) in [6.07, 6.45) is 0.637. The van der Waals surface area contributed by atoms with E-state index in [0.717, 1.165) is 0 Å². The molecule has 1 radical (unpaired) electrons. The van der Waals surface area contributed by atoms with Crippen molar-refractivity contribution in [3.05, 3.63) is 21.7 Å². The summed E-state index contributed by atoms with van der Waals surface area (Å²) in [6.45, 7) is 0.663. The Hall–Kier alpha value is 0.654. The minimum atomic E-state index is 0. The van der Waals surface area contributed by atoms with E-state index in [4.69, 9.17) is 23.2 Å². The van der Waals surface area contributed by atoms with Gasteiger partial charge in [0.2, 0.25) is 10.6 Å². The van der Waals surface area contributed by atoms with Crippen molar-refractivity contribution in [1.82, 2.24) is 15.0 Å². The molecule has 0 N–H and O–H groups in total. The summed E-state index contributed by atoms with van der Waals surface area (Å²) in [7, 11) is 1.73. The van der Waals surface area contributed by atoms with Crippen molar-refractivity contribution < 1.29 is 32.7 Å². The van der Waals surface area contributed by atoms with Crippen molar-refractivity contribution >= 4 is 23.2 Å². The Bertz CT molecular complexity index is 251. The fraction of sp³-hybridized carbons (Fsp3) is 0.500. The summed E-state index contributed by atoms with van der Waals surface area (Å²) in [5.74, 6) is 0.575. The van der Waals surface area contributed by atoms with Crippen molar-refractivity contribution in [1.29, 1.82) is 0 Å². The molecule has 7 heteroatoms. The molecule has 1 aromatic heterocycles. The van der Waals surface area contributed by atoms with Crippen LogP contribution in [0.25, 0.3) is 5.32 Å². The first-order valence-corrected chi connectivity index (χ1v) is 4.09. The van der Waals surface area contributed by atoms with Gasteiger partial charge in [0.1, 0.15) is 5.82 Å². The molecule has 4 nitrogen and oxygen atoms in total. The van der Waals surface area contributed by atoms with Gasteiger partial charge in [0.25, 0.3) is 0 Å². The van der Waals surface area contributed by atoms with Crippen LogP contribution in [0.5, 0.6) is 0 Å². The summed E-state index contributed by atoms with van der Waals surface area (Å²) in [4.78, 5) is 11.4. The van der Waals surface area contributed by atoms with E-state index in [1.54, 1.807) is 7.05 Å². The van der Waals surface area contributed by atoms with Gasteiger partial charge in [-0.25, -0.2) is 9.97 Å². The standard InChI is InChI=1S/C6H7Cl2N4.Y/c1-9-3-2-4-10-5(7)12-6(8)11-4;/h2-3H2,1H3;/q-1;. The third-order valence-electron chi connectivity index (χ3n) is 1.19. The first-order chi connectivity index (χ1) is 5.72. The molecule has 1 aromatic rings. The molecule has 1 heterocycles. The Morgan fingerprint density at radius 3 is 2.15 bits per heavy atom. The predicted molar refractivity (Wildman–Crippen MR) is 47.7 cm³/mol. The van der Waals surface area contributed by atoms with Crippen molar-refractivity contribution in [2.75, 3.05) is 13.6 Å². The molecule has 0 saturated heterocycles. The van der Waals surface area contributed by atoms with Crippen LogP contribution in [0.1, 0.15) is 5.82 Å². The van der Waals surface area contributed by atoms with Gasteiger partial charge >= 0.3 is 0 Å². The average Bonchev–Trinajstić information content (AvgIpc) is 1.99. The number of aromatic nitrogens is 3. The van der Waals surface area contributed by atoms with E-state index in [1.807, 2.05) is 0 Å². The molecule has 0 amide bonds. The molecule has 0 aliphatic carbocycles. The normalized spacial score (nSPS) is 9.46. The van der Waals surface area contributed by atoms with Crippen LogP contribution in [0.4, 0.5) is 0 Å². The van der Waals surface area contributed by atoms with Crippen LogP contribution in [-0.4, -0.2) is 28.5 Å². The molecular formula is C6H7Cl2N4Y-. The van der Waals surface area contributed by atoms with Gasteiger partial charge in [-0.1, -0.05) is 0 Å². The quantitative estimate of drug-likeness (QED) is 0.853. The second-order valence-corrected chi connectivity index (χ2v) is 2.76. The second-order valence-electron chi connectivity index (χ2n) is 2.08. The maximum Gasteiger partial charge on any atom is 0.226 e. The van der Waals surface area contributed by atoms with Gasteiger partial charge in [-0.3, -0.25) is 0 Å². The van der Waals surface area contributed by atoms with Gasteiger partial charge in [-0.05, 0) is 29.6 Å². The number of hydrogen-bond donors (Lipinski definition) is 0. The molecule has 0 atom stereocenters. The third-order valence-corrected chi connectivity index (χ3v) is 1.52. The number of hydrogen-bond acceptors (Lipinski definition) is 3. The Balaban J connectivity index is 0.00000144. The summed E-state index contributed by atoms with van der Waals surface area (Å²) >= 11 is 11.1. The fourth-order valence-corrected chi connectivity index (χ4v) is 1.09. The number of nitrogens with zero attached hydrogens (tertiary/aromatic N) is 4. The van der Waals surface area contributed by atoms with Crippen molar-refractivity contribution in [3.63, 3.8) is 0 Å². The van der Waals surface area contributed by atoms with E-state index in [1.165, 1.54) is 0 Å². The largest absolute Gasteiger partial charge is 0.665 e. The summed E-state index contributed by atoms with van der Waals surface area (Å²) in [5, 5.41) is 4.16. The zero-order chi connectivity index (χ0) is 8.97. The first-order valence-electron chi connectivity index (χ1n) is 3.34. The van der Waals surface area contributed by atoms with E-state index in [0.29, 0.717) is 18.8 Å². The van der Waals surface area contributed by atoms with E-state index < -0.39 is 0 Å². The third kappa shape index (κ3) is 5.18. The monoisotopic (exact) mass is 294 g/mol. The van der Waals surface area contributed by atoms with E-state index in [9.17, 15) is 0 Å². The Kier molecular flexibility index (Phi) is 7.37. The van der Waals surface area contributed by atoms with Gasteiger partial charge in [-0.15, -0.1) is 6.54 Å². The Morgan fingerprint density at radius 2 is 1.69 bits per heavy atom. The molecule has 0 fully saturated rings. The van der Waals surface area contributed by atoms with Gasteiger partial charge in [-0.2, -0.15) is 12.0 Å². The van der Waals surface area contributed by atoms with Crippen molar-refractivity contribution in [3.8, 4) is 0 Å². The number of rotatable bonds is 3. The second kappa shape index (κ2) is 7.01. The van der Waals surface area contributed by atoms with Crippen molar-refractivity contribution in [2.45, 2.75) is 6.42 Å². The van der Waals surface area contributed by atoms with Crippen LogP contribution in [0, 0.1) is 0 Å². The summed E-state index contributed by atoms with van der Waals surface area (Å²) in [6, 6.07) is 0. The van der Waals surface area contributed by atoms with E-state index in [2.05, 4.69) is 20.3 Å². The van der Waals surface area contributed by atoms with Crippen LogP contribution in [-0.2, 0) is 39.1 Å². The van der Waals surface area contributed by atoms with Crippen LogP contribution in [0.2, 0.25) is 10.6 Å². The number of likely N-dealkylation sites (N-methyl/N-ethyl adjacent to an activating group) is 1. The number of halogens is 2. The zero-order valence-electron chi connectivity index (χ0n) is 7.04. The van der Waals surface area contributed by atoms with Gasteiger partial charge in [0, 0.05) is 32.7 Å². The Labute approximate surface area is 112 Å². The molecule has 1 rings (SSSR count). The summed E-state index contributed by atoms with van der Waals surface area (Å²) in [5.41, 5.74) is 0. The van der Waals surface area contributed by atoms with Crippen LogP contribution >= 0.6 is 23.2 Å². The van der Waals surface area contributed by atoms with E-state index >= 15 is 0 Å². The zero-order valence-corrected chi connectivity index (χ0v) is 11.4. The maximum absolute atomic E-state index is 5.55. The first kappa shape index (κ1) is 13.7. The van der Waals surface area contributed by atoms with E-state index in [-0.39, 0.29) is 43.3 Å². The SMILES string of the molecule is C[N-]CCc1nc(Cl)nc(Cl)n1.[Y]. The smallest absolute Gasteiger partial charge is 0.226 e. The fourth-order valence-electron chi connectivity index (χ4n) is 0.688. The molecule has 0 aliphatic heterocycles. The molecule has 13 heavy (non-hydrogen) atoms.